The van der Waals surface area contributed by atoms with Gasteiger partial charge in [0, 0.05) is 32.0 Å². The minimum atomic E-state index is -3.50. The van der Waals surface area contributed by atoms with Crippen molar-refractivity contribution in [3.8, 4) is 0 Å². The Bertz CT molecular complexity index is 737. The van der Waals surface area contributed by atoms with Gasteiger partial charge < -0.3 is 4.57 Å². The van der Waals surface area contributed by atoms with Gasteiger partial charge in [0.05, 0.1) is 4.90 Å². The molecule has 0 radical (unpaired) electrons. The Morgan fingerprint density at radius 2 is 1.77 bits per heavy atom. The summed E-state index contributed by atoms with van der Waals surface area (Å²) in [5.74, 6) is 0. The second kappa shape index (κ2) is 6.48. The first-order chi connectivity index (χ1) is 10.6. The van der Waals surface area contributed by atoms with Gasteiger partial charge in [-0.15, -0.1) is 4.83 Å². The summed E-state index contributed by atoms with van der Waals surface area (Å²) in [4.78, 5) is 2.96. The maximum Gasteiger partial charge on any atom is 0.253 e. The largest absolute Gasteiger partial charge is 0.350 e. The van der Waals surface area contributed by atoms with Gasteiger partial charge in [0.25, 0.3) is 10.0 Å². The molecule has 1 N–H and O–H groups in total. The molecular weight excluding hydrogens is 298 g/mol. The second-order valence-corrected chi connectivity index (χ2v) is 7.00. The van der Waals surface area contributed by atoms with Crippen LogP contribution in [0.2, 0.25) is 0 Å². The highest BCUT2D eigenvalue weighted by atomic mass is 32.2. The highest BCUT2D eigenvalue weighted by Gasteiger charge is 2.20. The lowest BCUT2D eigenvalue weighted by atomic mass is 10.1. The number of hydrogen-bond donors (Lipinski definition) is 1. The van der Waals surface area contributed by atoms with Crippen LogP contribution in [0.25, 0.3) is 0 Å². The molecule has 0 amide bonds. The summed E-state index contributed by atoms with van der Waals surface area (Å²) in [7, 11) is -3.50. The minimum Gasteiger partial charge on any atom is -0.350 e. The molecule has 1 aliphatic rings. The molecule has 0 saturated carbocycles. The van der Waals surface area contributed by atoms with Crippen LogP contribution < -0.4 is 4.83 Å². The van der Waals surface area contributed by atoms with Crippen LogP contribution in [-0.4, -0.2) is 31.1 Å². The Labute approximate surface area is 130 Å². The smallest absolute Gasteiger partial charge is 0.253 e. The molecule has 1 aliphatic heterocycles. The summed E-state index contributed by atoms with van der Waals surface area (Å²) in [6.07, 6.45) is 7.04. The van der Waals surface area contributed by atoms with Crippen molar-refractivity contribution in [2.45, 2.75) is 17.9 Å². The fraction of sp³-hybridized carbons (Fsp3) is 0.250. The van der Waals surface area contributed by atoms with E-state index in [4.69, 9.17) is 0 Å². The third-order valence-corrected chi connectivity index (χ3v) is 4.97. The number of hydrogen-bond acceptors (Lipinski definition) is 3. The molecule has 1 aromatic carbocycles. The lowest BCUT2D eigenvalue weighted by Crippen LogP contribution is -2.45. The number of rotatable bonds is 5. The normalized spacial score (nSPS) is 16.5. The van der Waals surface area contributed by atoms with Gasteiger partial charge in [-0.25, -0.2) is 13.4 Å². The van der Waals surface area contributed by atoms with Crippen LogP contribution in [0.5, 0.6) is 0 Å². The zero-order valence-corrected chi connectivity index (χ0v) is 13.0. The minimum absolute atomic E-state index is 0.288. The van der Waals surface area contributed by atoms with E-state index in [0.29, 0.717) is 13.1 Å². The van der Waals surface area contributed by atoms with Crippen LogP contribution in [0, 0.1) is 0 Å². The molecule has 0 bridgehead atoms. The highest BCUT2D eigenvalue weighted by molar-refractivity contribution is 7.89. The first kappa shape index (κ1) is 15.0. The van der Waals surface area contributed by atoms with Crippen LogP contribution in [0.15, 0.2) is 71.4 Å². The SMILES string of the molecule is O=S(=O)(NN1CCC=C(Cn2cccc2)C1)c1ccccc1. The zero-order valence-electron chi connectivity index (χ0n) is 12.2. The van der Waals surface area contributed by atoms with Gasteiger partial charge in [0.15, 0.2) is 0 Å². The summed E-state index contributed by atoms with van der Waals surface area (Å²) in [6.45, 7) is 2.07. The van der Waals surface area contributed by atoms with E-state index in [1.165, 1.54) is 5.57 Å². The van der Waals surface area contributed by atoms with E-state index in [0.717, 1.165) is 13.0 Å². The maximum absolute atomic E-state index is 12.3. The van der Waals surface area contributed by atoms with Crippen LogP contribution in [0.4, 0.5) is 0 Å². The number of aromatic nitrogens is 1. The fourth-order valence-corrected chi connectivity index (χ4v) is 3.65. The van der Waals surface area contributed by atoms with Gasteiger partial charge in [-0.2, -0.15) is 0 Å². The lowest BCUT2D eigenvalue weighted by Gasteiger charge is -2.27. The van der Waals surface area contributed by atoms with Crippen LogP contribution in [0.3, 0.4) is 0 Å². The molecule has 0 spiro atoms. The van der Waals surface area contributed by atoms with E-state index in [9.17, 15) is 8.42 Å². The average Bonchev–Trinajstić information content (AvgIpc) is 3.01. The topological polar surface area (TPSA) is 54.3 Å². The molecular formula is C16H19N3O2S. The Hall–Kier alpha value is -1.89. The van der Waals surface area contributed by atoms with E-state index in [1.54, 1.807) is 35.3 Å². The van der Waals surface area contributed by atoms with Crippen LogP contribution >= 0.6 is 0 Å². The molecule has 6 heteroatoms. The average molecular weight is 317 g/mol. The molecule has 5 nitrogen and oxygen atoms in total. The van der Waals surface area contributed by atoms with Crippen LogP contribution in [-0.2, 0) is 16.6 Å². The number of nitrogens with one attached hydrogen (secondary N) is 1. The van der Waals surface area contributed by atoms with Gasteiger partial charge >= 0.3 is 0 Å². The molecule has 2 heterocycles. The standard InChI is InChI=1S/C16H19N3O2S/c20-22(21,16-8-2-1-3-9-16)17-19-12-6-7-15(14-19)13-18-10-4-5-11-18/h1-5,7-11,17H,6,12-14H2. The number of nitrogens with zero attached hydrogens (tertiary/aromatic N) is 2. The van der Waals surface area contributed by atoms with Gasteiger partial charge in [-0.05, 0) is 36.3 Å². The highest BCUT2D eigenvalue weighted by Crippen LogP contribution is 2.13. The molecule has 116 valence electrons. The Morgan fingerprint density at radius 3 is 2.50 bits per heavy atom. The summed E-state index contributed by atoms with van der Waals surface area (Å²) in [5, 5.41) is 1.77. The Morgan fingerprint density at radius 1 is 1.05 bits per heavy atom. The third kappa shape index (κ3) is 3.65. The quantitative estimate of drug-likeness (QED) is 0.858. The number of sulfonamides is 1. The van der Waals surface area contributed by atoms with Gasteiger partial charge in [-0.3, -0.25) is 0 Å². The van der Waals surface area contributed by atoms with E-state index in [2.05, 4.69) is 15.5 Å². The summed E-state index contributed by atoms with van der Waals surface area (Å²) in [5.41, 5.74) is 1.21. The molecule has 1 aromatic heterocycles. The van der Waals surface area contributed by atoms with Crippen molar-refractivity contribution >= 4 is 10.0 Å². The predicted octanol–water partition coefficient (Wildman–Crippen LogP) is 2.01. The van der Waals surface area contributed by atoms with E-state index in [1.807, 2.05) is 24.5 Å². The number of hydrazine groups is 1. The van der Waals surface area contributed by atoms with Crippen molar-refractivity contribution in [3.63, 3.8) is 0 Å². The molecule has 3 rings (SSSR count). The molecule has 0 aliphatic carbocycles. The molecule has 2 aromatic rings. The fourth-order valence-electron chi connectivity index (χ4n) is 2.54. The monoisotopic (exact) mass is 317 g/mol. The summed E-state index contributed by atoms with van der Waals surface area (Å²) in [6, 6.07) is 12.4. The Balaban J connectivity index is 1.65. The van der Waals surface area contributed by atoms with E-state index >= 15 is 0 Å². The van der Waals surface area contributed by atoms with Crippen molar-refractivity contribution in [2.75, 3.05) is 13.1 Å². The molecule has 0 unspecified atom stereocenters. The summed E-state index contributed by atoms with van der Waals surface area (Å²) < 4.78 is 26.8. The van der Waals surface area contributed by atoms with Crippen molar-refractivity contribution in [3.05, 3.63) is 66.5 Å². The predicted molar refractivity (Wildman–Crippen MR) is 85.5 cm³/mol. The molecule has 0 fully saturated rings. The third-order valence-electron chi connectivity index (χ3n) is 3.58. The van der Waals surface area contributed by atoms with Crippen molar-refractivity contribution < 1.29 is 8.42 Å². The van der Waals surface area contributed by atoms with E-state index in [-0.39, 0.29) is 4.90 Å². The summed E-state index contributed by atoms with van der Waals surface area (Å²) >= 11 is 0. The van der Waals surface area contributed by atoms with Crippen molar-refractivity contribution in [1.29, 1.82) is 0 Å². The van der Waals surface area contributed by atoms with Gasteiger partial charge in [0.2, 0.25) is 0 Å². The lowest BCUT2D eigenvalue weighted by molar-refractivity contribution is 0.251. The van der Waals surface area contributed by atoms with Gasteiger partial charge in [0.1, 0.15) is 0 Å². The first-order valence-electron chi connectivity index (χ1n) is 7.24. The Kier molecular flexibility index (Phi) is 4.42. The maximum atomic E-state index is 12.3. The molecule has 0 atom stereocenters. The number of benzene rings is 1. The molecule has 22 heavy (non-hydrogen) atoms. The van der Waals surface area contributed by atoms with Crippen molar-refractivity contribution in [2.24, 2.45) is 0 Å². The van der Waals surface area contributed by atoms with E-state index < -0.39 is 10.0 Å². The van der Waals surface area contributed by atoms with Crippen LogP contribution in [0.1, 0.15) is 6.42 Å². The van der Waals surface area contributed by atoms with Gasteiger partial charge in [-0.1, -0.05) is 24.3 Å². The second-order valence-electron chi connectivity index (χ2n) is 5.34. The van der Waals surface area contributed by atoms with Crippen molar-refractivity contribution in [1.82, 2.24) is 14.4 Å². The molecule has 0 saturated heterocycles. The zero-order chi connectivity index (χ0) is 15.4. The first-order valence-corrected chi connectivity index (χ1v) is 8.73.